The predicted molar refractivity (Wildman–Crippen MR) is 96.7 cm³/mol. The zero-order valence-electron chi connectivity index (χ0n) is 11.1. The van der Waals surface area contributed by atoms with Gasteiger partial charge in [-0.3, -0.25) is 0 Å². The smallest absolute Gasteiger partial charge is 0.236 e. The molecule has 0 amide bonds. The molecule has 0 aliphatic rings. The van der Waals surface area contributed by atoms with Crippen LogP contribution in [0.5, 0.6) is 0 Å². The molecule has 0 unspecified atom stereocenters. The van der Waals surface area contributed by atoms with Gasteiger partial charge in [0.05, 0.1) is 10.4 Å². The van der Waals surface area contributed by atoms with Crippen molar-refractivity contribution in [2.45, 2.75) is 16.2 Å². The second-order valence-electron chi connectivity index (χ2n) is 4.37. The van der Waals surface area contributed by atoms with E-state index in [1.165, 1.54) is 24.3 Å². The lowest BCUT2D eigenvalue weighted by molar-refractivity contribution is 0.592. The van der Waals surface area contributed by atoms with Gasteiger partial charge in [0, 0.05) is 5.39 Å². The molecule has 0 atom stereocenters. The molecule has 0 aliphatic heterocycles. The average molecular weight is 492 g/mol. The first-order chi connectivity index (χ1) is 10.7. The van der Waals surface area contributed by atoms with E-state index in [9.17, 15) is 16.8 Å². The van der Waals surface area contributed by atoms with Crippen LogP contribution in [-0.2, 0) is 19.7 Å². The van der Waals surface area contributed by atoms with Gasteiger partial charge in [0.15, 0.2) is 5.03 Å². The van der Waals surface area contributed by atoms with Gasteiger partial charge in [0.1, 0.15) is 0 Å². The van der Waals surface area contributed by atoms with Crippen LogP contribution in [0.1, 0.15) is 0 Å². The molecular formula is C11H5Cl6NO4S2. The minimum Gasteiger partial charge on any atom is -0.236 e. The molecule has 2 aromatic rings. The fourth-order valence-electron chi connectivity index (χ4n) is 1.72. The lowest BCUT2D eigenvalue weighted by atomic mass is 10.2. The van der Waals surface area contributed by atoms with Gasteiger partial charge in [0.25, 0.3) is 6.25 Å². The van der Waals surface area contributed by atoms with Crippen LogP contribution in [0.15, 0.2) is 40.3 Å². The second-order valence-corrected chi connectivity index (χ2v) is 14.4. The number of nitrogens with zero attached hydrogens (tertiary/aromatic N) is 1. The lowest BCUT2D eigenvalue weighted by Gasteiger charge is -2.17. The van der Waals surface area contributed by atoms with Gasteiger partial charge in [-0.1, -0.05) is 87.8 Å². The first kappa shape index (κ1) is 20.6. The highest BCUT2D eigenvalue weighted by Crippen LogP contribution is 2.42. The normalized spacial score (nSPS) is 14.1. The number of rotatable bonds is 2. The topological polar surface area (TPSA) is 81.2 Å². The molecule has 0 saturated carbocycles. The zero-order chi connectivity index (χ0) is 18.6. The maximum Gasteiger partial charge on any atom is 0.298 e. The Labute approximate surface area is 167 Å². The van der Waals surface area contributed by atoms with Crippen molar-refractivity contribution in [1.29, 1.82) is 0 Å². The molecule has 2 rings (SSSR count). The van der Waals surface area contributed by atoms with Crippen molar-refractivity contribution in [3.05, 3.63) is 30.3 Å². The van der Waals surface area contributed by atoms with Gasteiger partial charge < -0.3 is 0 Å². The summed E-state index contributed by atoms with van der Waals surface area (Å²) in [5, 5.41) is -0.735. The summed E-state index contributed by atoms with van der Waals surface area (Å²) in [5.41, 5.74) is 0.000602. The van der Waals surface area contributed by atoms with Crippen LogP contribution >= 0.6 is 69.6 Å². The SMILES string of the molecule is O=S(=O)(c1cc(S(=O)(=O)C(Cl)(Cl)Cl)c2ccccc2n1)C(Cl)(Cl)Cl. The fraction of sp³-hybridized carbons (Fsp3) is 0.182. The van der Waals surface area contributed by atoms with E-state index in [0.717, 1.165) is 0 Å². The first-order valence-electron chi connectivity index (χ1n) is 5.72. The Bertz CT molecular complexity index is 1010. The van der Waals surface area contributed by atoms with Crippen molar-refractivity contribution in [2.24, 2.45) is 0 Å². The van der Waals surface area contributed by atoms with Gasteiger partial charge in [-0.05, 0) is 12.1 Å². The van der Waals surface area contributed by atoms with Crippen molar-refractivity contribution < 1.29 is 16.8 Å². The fourth-order valence-corrected chi connectivity index (χ4v) is 4.96. The summed E-state index contributed by atoms with van der Waals surface area (Å²) in [6.45, 7) is 0. The van der Waals surface area contributed by atoms with Crippen LogP contribution in [0.3, 0.4) is 0 Å². The van der Waals surface area contributed by atoms with Crippen LogP contribution in [0, 0.1) is 0 Å². The Morgan fingerprint density at radius 1 is 0.792 bits per heavy atom. The first-order valence-corrected chi connectivity index (χ1v) is 11.0. The molecule has 0 aliphatic carbocycles. The van der Waals surface area contributed by atoms with Crippen molar-refractivity contribution >= 4 is 100 Å². The molecule has 0 radical (unpaired) electrons. The quantitative estimate of drug-likeness (QED) is 0.580. The molecule has 24 heavy (non-hydrogen) atoms. The van der Waals surface area contributed by atoms with Gasteiger partial charge in [0.2, 0.25) is 19.7 Å². The van der Waals surface area contributed by atoms with Crippen LogP contribution in [-0.4, -0.2) is 28.1 Å². The number of aromatic nitrogens is 1. The van der Waals surface area contributed by atoms with E-state index in [-0.39, 0.29) is 10.9 Å². The molecular weight excluding hydrogens is 487 g/mol. The molecule has 0 fully saturated rings. The molecule has 0 N–H and O–H groups in total. The summed E-state index contributed by atoms with van der Waals surface area (Å²) >= 11 is 32.9. The number of halogens is 6. The Morgan fingerprint density at radius 3 is 1.79 bits per heavy atom. The summed E-state index contributed by atoms with van der Waals surface area (Å²) in [6.07, 6.45) is 0. The van der Waals surface area contributed by atoms with E-state index < -0.39 is 35.8 Å². The van der Waals surface area contributed by atoms with Crippen molar-refractivity contribution in [1.82, 2.24) is 4.98 Å². The maximum absolute atomic E-state index is 12.5. The highest BCUT2D eigenvalue weighted by Gasteiger charge is 2.44. The van der Waals surface area contributed by atoms with Gasteiger partial charge in [-0.2, -0.15) is 0 Å². The molecule has 1 aromatic heterocycles. The number of pyridine rings is 1. The van der Waals surface area contributed by atoms with Gasteiger partial charge in [-0.25, -0.2) is 21.8 Å². The Morgan fingerprint density at radius 2 is 1.29 bits per heavy atom. The lowest BCUT2D eigenvalue weighted by Crippen LogP contribution is -2.23. The van der Waals surface area contributed by atoms with Crippen LogP contribution in [0.25, 0.3) is 10.9 Å². The summed E-state index contributed by atoms with van der Waals surface area (Å²) in [4.78, 5) is 3.27. The third-order valence-corrected chi connectivity index (χ3v) is 9.38. The molecule has 5 nitrogen and oxygen atoms in total. The third kappa shape index (κ3) is 3.55. The monoisotopic (exact) mass is 489 g/mol. The van der Waals surface area contributed by atoms with Crippen LogP contribution < -0.4 is 0 Å². The molecule has 1 heterocycles. The van der Waals surface area contributed by atoms with E-state index in [1.807, 2.05) is 0 Å². The molecule has 1 aromatic carbocycles. The van der Waals surface area contributed by atoms with Gasteiger partial charge in [-0.15, -0.1) is 0 Å². The molecule has 0 bridgehead atoms. The number of para-hydroxylation sites is 1. The predicted octanol–water partition coefficient (Wildman–Crippen LogP) is 4.44. The van der Waals surface area contributed by atoms with Crippen molar-refractivity contribution in [3.8, 4) is 0 Å². The van der Waals surface area contributed by atoms with Gasteiger partial charge >= 0.3 is 0 Å². The number of fused-ring (bicyclic) bond motifs is 1. The van der Waals surface area contributed by atoms with Crippen LogP contribution in [0.2, 0.25) is 0 Å². The summed E-state index contributed by atoms with van der Waals surface area (Å²) in [6, 6.07) is 6.44. The molecule has 13 heteroatoms. The highest BCUT2D eigenvalue weighted by atomic mass is 35.6. The largest absolute Gasteiger partial charge is 0.298 e. The third-order valence-electron chi connectivity index (χ3n) is 2.83. The van der Waals surface area contributed by atoms with E-state index >= 15 is 0 Å². The standard InChI is InChI=1S/C11H5Cl6NO4S2/c12-10(13,14)23(19,20)8-5-9(24(21,22)11(15,16)17)18-7-4-2-1-3-6(7)8/h1-5H. The van der Waals surface area contributed by atoms with E-state index in [1.54, 1.807) is 0 Å². The number of sulfone groups is 2. The molecule has 0 spiro atoms. The Hall–Kier alpha value is 0.270. The molecule has 0 saturated heterocycles. The van der Waals surface area contributed by atoms with Crippen molar-refractivity contribution in [2.75, 3.05) is 0 Å². The number of hydrogen-bond donors (Lipinski definition) is 0. The second kappa shape index (κ2) is 6.46. The summed E-state index contributed by atoms with van der Waals surface area (Å²) < 4.78 is 44.0. The summed E-state index contributed by atoms with van der Waals surface area (Å²) in [7, 11) is -9.17. The zero-order valence-corrected chi connectivity index (χ0v) is 17.2. The van der Waals surface area contributed by atoms with Crippen LogP contribution in [0.4, 0.5) is 0 Å². The minimum absolute atomic E-state index is 0.000602. The minimum atomic E-state index is -4.60. The van der Waals surface area contributed by atoms with Crippen molar-refractivity contribution in [3.63, 3.8) is 0 Å². The number of alkyl halides is 6. The van der Waals surface area contributed by atoms with E-state index in [2.05, 4.69) is 4.98 Å². The number of benzene rings is 1. The van der Waals surface area contributed by atoms with E-state index in [4.69, 9.17) is 69.6 Å². The van der Waals surface area contributed by atoms with E-state index in [0.29, 0.717) is 6.07 Å². The number of hydrogen-bond acceptors (Lipinski definition) is 5. The maximum atomic E-state index is 12.5. The summed E-state index contributed by atoms with van der Waals surface area (Å²) in [5.74, 6) is 0. The molecule has 132 valence electrons. The highest BCUT2D eigenvalue weighted by molar-refractivity contribution is 7.98. The Kier molecular flexibility index (Phi) is 5.54. The Balaban J connectivity index is 2.97. The average Bonchev–Trinajstić information content (AvgIpc) is 2.43.